The van der Waals surface area contributed by atoms with Gasteiger partial charge in [-0.25, -0.2) is 0 Å². The first-order valence-corrected chi connectivity index (χ1v) is 53.6. The minimum absolute atomic E-state index is 0.826. The summed E-state index contributed by atoms with van der Waals surface area (Å²) in [4.78, 5) is 0. The SMILES string of the molecule is C(=C1CCCCC1)c1ccc(C(=Cc2ccc3c(c2)C2(c4cc(C=C(c5ccc(C=C6CCCCC6)cc5)c5ccc(C=C6CCCCC6)cc5)ccc4-3)c3cc(C=C(c4ccc(C=C5CCCCC5)cc4)c4ccc(C=C5CCCCC5)cc4)ccc3-c3ccc(C=C(c4ccc(C=C5CCCCC5)cc4)c4ccc(C=C5CCCCC5)cc4)cc32)c2ccc(C=C3CCCCC3)cc2)cc1. The third-order valence-electron chi connectivity index (χ3n) is 32.3. The van der Waals surface area contributed by atoms with Crippen molar-refractivity contribution in [3.8, 4) is 22.3 Å². The molecule has 8 saturated carbocycles. The number of allylic oxidation sites excluding steroid dienone is 8. The Morgan fingerprint density at radius 1 is 0.139 bits per heavy atom. The molecule has 0 aromatic heterocycles. The van der Waals surface area contributed by atoms with E-state index in [4.69, 9.17) is 0 Å². The molecule has 10 aliphatic rings. The Hall–Kier alpha value is -12.5. The lowest BCUT2D eigenvalue weighted by atomic mass is 9.69. The number of fused-ring (bicyclic) bond motifs is 10. The average Bonchev–Trinajstić information content (AvgIpc) is 1.50. The summed E-state index contributed by atoms with van der Waals surface area (Å²) in [5.74, 6) is 0. The van der Waals surface area contributed by atoms with Crippen LogP contribution in [0.25, 0.3) is 117 Å². The zero-order chi connectivity index (χ0) is 91.5. The predicted octanol–water partition coefficient (Wildman–Crippen LogP) is 39.2. The summed E-state index contributed by atoms with van der Waals surface area (Å²) in [6.45, 7) is 0. The van der Waals surface area contributed by atoms with Crippen LogP contribution in [0, 0.1) is 0 Å². The Kier molecular flexibility index (Phi) is 27.7. The van der Waals surface area contributed by atoms with Crippen LogP contribution in [0.15, 0.2) is 312 Å². The summed E-state index contributed by atoms with van der Waals surface area (Å²) in [5.41, 5.74) is 52.0. The van der Waals surface area contributed by atoms with Gasteiger partial charge in [0.15, 0.2) is 0 Å². The van der Waals surface area contributed by atoms with Gasteiger partial charge in [0.2, 0.25) is 0 Å². The second-order valence-electron chi connectivity index (χ2n) is 42.1. The van der Waals surface area contributed by atoms with Gasteiger partial charge in [0, 0.05) is 0 Å². The Morgan fingerprint density at radius 2 is 0.263 bits per heavy atom. The highest BCUT2D eigenvalue weighted by Gasteiger charge is 2.52. The van der Waals surface area contributed by atoms with Gasteiger partial charge >= 0.3 is 0 Å². The molecule has 0 bridgehead atoms. The van der Waals surface area contributed by atoms with Crippen molar-refractivity contribution < 1.29 is 0 Å². The van der Waals surface area contributed by atoms with E-state index in [-0.39, 0.29) is 0 Å². The van der Waals surface area contributed by atoms with E-state index in [1.165, 1.54) is 435 Å². The zero-order valence-corrected chi connectivity index (χ0v) is 81.1. The van der Waals surface area contributed by atoms with Crippen molar-refractivity contribution in [2.24, 2.45) is 0 Å². The quantitative estimate of drug-likeness (QED) is 0.0667. The van der Waals surface area contributed by atoms with Crippen molar-refractivity contribution in [2.75, 3.05) is 0 Å². The van der Waals surface area contributed by atoms with Crippen molar-refractivity contribution >= 4 is 95.2 Å². The molecule has 12 aromatic rings. The van der Waals surface area contributed by atoms with E-state index in [1.807, 2.05) is 0 Å². The van der Waals surface area contributed by atoms with Gasteiger partial charge in [-0.1, -0.05) is 387 Å². The molecule has 12 aromatic carbocycles. The number of benzene rings is 12. The lowest BCUT2D eigenvalue weighted by Crippen LogP contribution is -2.26. The molecule has 0 radical (unpaired) electrons. The van der Waals surface area contributed by atoms with E-state index < -0.39 is 5.41 Å². The minimum atomic E-state index is -0.826. The molecule has 0 amide bonds. The first-order chi connectivity index (χ1) is 67.7. The fraction of sp³-hybridized carbons (Fsp3) is 0.299. The van der Waals surface area contributed by atoms with E-state index in [9.17, 15) is 0 Å². The molecule has 0 heteroatoms. The Balaban J connectivity index is 0.772. The fourth-order valence-corrected chi connectivity index (χ4v) is 24.8. The molecular weight excluding hydrogens is 1650 g/mol. The molecular formula is C137H136. The molecule has 137 heavy (non-hydrogen) atoms. The van der Waals surface area contributed by atoms with Crippen molar-refractivity contribution in [1.29, 1.82) is 0 Å². The number of rotatable bonds is 20. The van der Waals surface area contributed by atoms with Crippen LogP contribution < -0.4 is 0 Å². The summed E-state index contributed by atoms with van der Waals surface area (Å²) in [7, 11) is 0. The molecule has 684 valence electrons. The monoisotopic (exact) mass is 1780 g/mol. The minimum Gasteiger partial charge on any atom is -0.0696 e. The van der Waals surface area contributed by atoms with E-state index in [2.05, 4.69) is 340 Å². The smallest absolute Gasteiger partial charge is 0.0696 e. The number of hydrogen-bond acceptors (Lipinski definition) is 0. The van der Waals surface area contributed by atoms with Crippen molar-refractivity contribution in [2.45, 2.75) is 262 Å². The highest BCUT2D eigenvalue weighted by molar-refractivity contribution is 6.02. The standard InChI is InChI=1S/C137H136/c1-9-25-97(26-10-1)81-105-41-61-117(62-42-105)129(118-63-43-106(44-64-118)82-98-27-11-2-12-28-98)89-113-57-77-125-126-78-58-114(90-130(119-65-45-107(46-66-119)83-99-29-13-3-14-30-99)120-67-47-108(48-68-120)84-100-31-15-4-16-32-100)94-134(126)137(133(125)93-113)135-95-115(91-131(121-69-49-109(50-70-121)85-101-33-17-5-18-34-101)122-71-51-110(52-72-122)86-102-35-19-6-20-36-102)59-79-127(135)128-80-60-116(96-136(128)137)92-132(123-73-53-111(54-74-123)87-103-37-21-7-22-38-103)124-75-55-112(56-76-124)88-104-39-23-8-24-40-104/h41-96H,1-40H2. The molecule has 1 spiro atoms. The van der Waals surface area contributed by atoms with Crippen molar-refractivity contribution in [3.63, 3.8) is 0 Å². The van der Waals surface area contributed by atoms with Crippen molar-refractivity contribution in [3.05, 3.63) is 445 Å². The normalized spacial score (nSPS) is 17.3. The van der Waals surface area contributed by atoms with Gasteiger partial charge in [0.1, 0.15) is 0 Å². The predicted molar refractivity (Wildman–Crippen MR) is 591 cm³/mol. The van der Waals surface area contributed by atoms with E-state index >= 15 is 0 Å². The topological polar surface area (TPSA) is 0 Å². The van der Waals surface area contributed by atoms with Crippen LogP contribution in [0.2, 0.25) is 0 Å². The summed E-state index contributed by atoms with van der Waals surface area (Å²) < 4.78 is 0. The second-order valence-corrected chi connectivity index (χ2v) is 42.1. The lowest BCUT2D eigenvalue weighted by molar-refractivity contribution is 0.602. The highest BCUT2D eigenvalue weighted by atomic mass is 14.5. The van der Waals surface area contributed by atoms with Gasteiger partial charge in [0.05, 0.1) is 5.41 Å². The van der Waals surface area contributed by atoms with Crippen LogP contribution in [0.5, 0.6) is 0 Å². The zero-order valence-electron chi connectivity index (χ0n) is 81.1. The maximum absolute atomic E-state index is 2.65. The Labute approximate surface area is 818 Å². The molecule has 8 fully saturated rings. The van der Waals surface area contributed by atoms with Gasteiger partial charge < -0.3 is 0 Å². The summed E-state index contributed by atoms with van der Waals surface area (Å²) >= 11 is 0. The second kappa shape index (κ2) is 42.2. The molecule has 0 atom stereocenters. The first-order valence-electron chi connectivity index (χ1n) is 53.6. The summed E-state index contributed by atoms with van der Waals surface area (Å²) in [5, 5.41) is 0. The third-order valence-corrected chi connectivity index (χ3v) is 32.3. The summed E-state index contributed by atoms with van der Waals surface area (Å²) in [6, 6.07) is 107. The average molecular weight is 1780 g/mol. The van der Waals surface area contributed by atoms with Crippen LogP contribution >= 0.6 is 0 Å². The molecule has 0 N–H and O–H groups in total. The molecule has 0 aliphatic heterocycles. The van der Waals surface area contributed by atoms with Gasteiger partial charge in [-0.2, -0.15) is 0 Å². The van der Waals surface area contributed by atoms with Gasteiger partial charge in [0.25, 0.3) is 0 Å². The molecule has 10 aliphatic carbocycles. The number of hydrogen-bond donors (Lipinski definition) is 0. The van der Waals surface area contributed by atoms with Gasteiger partial charge in [-0.3, -0.25) is 0 Å². The van der Waals surface area contributed by atoms with Crippen molar-refractivity contribution in [1.82, 2.24) is 0 Å². The van der Waals surface area contributed by atoms with Gasteiger partial charge in [-0.15, -0.1) is 0 Å². The molecule has 0 saturated heterocycles. The third kappa shape index (κ3) is 20.9. The van der Waals surface area contributed by atoms with Crippen LogP contribution in [0.3, 0.4) is 0 Å². The Bertz CT molecular complexity index is 5620. The van der Waals surface area contributed by atoms with Crippen LogP contribution in [-0.4, -0.2) is 0 Å². The Morgan fingerprint density at radius 3 is 0.394 bits per heavy atom. The highest BCUT2D eigenvalue weighted by Crippen LogP contribution is 2.64. The maximum Gasteiger partial charge on any atom is 0.0726 e. The van der Waals surface area contributed by atoms with Crippen LogP contribution in [0.4, 0.5) is 0 Å². The largest absolute Gasteiger partial charge is 0.0726 e. The molecule has 0 unspecified atom stereocenters. The van der Waals surface area contributed by atoms with Crippen LogP contribution in [-0.2, 0) is 5.41 Å². The lowest BCUT2D eigenvalue weighted by Gasteiger charge is -2.31. The maximum atomic E-state index is 2.65. The van der Waals surface area contributed by atoms with Crippen LogP contribution in [0.1, 0.15) is 390 Å². The molecule has 0 heterocycles. The fourth-order valence-electron chi connectivity index (χ4n) is 24.8. The van der Waals surface area contributed by atoms with E-state index in [0.29, 0.717) is 0 Å². The molecule has 22 rings (SSSR count). The summed E-state index contributed by atoms with van der Waals surface area (Å²) in [6.07, 6.45) is 80.6. The van der Waals surface area contributed by atoms with E-state index in [0.717, 1.165) is 0 Å². The molecule has 0 nitrogen and oxygen atoms in total. The van der Waals surface area contributed by atoms with E-state index in [1.54, 1.807) is 44.6 Å². The van der Waals surface area contributed by atoms with Gasteiger partial charge in [-0.05, 0) is 432 Å². The first kappa shape index (κ1) is 89.7.